The molecule has 17 heteroatoms. The summed E-state index contributed by atoms with van der Waals surface area (Å²) in [5.74, 6) is 0. The third-order valence-corrected chi connectivity index (χ3v) is 3.36. The average molecular weight is 407 g/mol. The number of hydrogen-bond donors (Lipinski definition) is 3. The molecule has 0 heterocycles. The number of rotatable bonds is 6. The predicted molar refractivity (Wildman–Crippen MR) is 58.3 cm³/mol. The number of nitrogens with zero attached hydrogens (tertiary/aromatic N) is 1. The molecule has 0 bridgehead atoms. The van der Waals surface area contributed by atoms with Crippen LogP contribution in [-0.4, -0.2) is 23.8 Å². The molecule has 0 aromatic heterocycles. The summed E-state index contributed by atoms with van der Waals surface area (Å²) in [6, 6.07) is 0. The molecule has 0 rings (SSSR count). The number of hydrogen-bond acceptors (Lipinski definition) is 10. The van der Waals surface area contributed by atoms with Gasteiger partial charge in [-0.3, -0.25) is 4.90 Å². The van der Waals surface area contributed by atoms with Crippen LogP contribution in [0, 0.1) is 0 Å². The zero-order valence-electron chi connectivity index (χ0n) is 11.9. The molecule has 0 unspecified atom stereocenters. The fraction of sp³-hybridized carbons (Fsp3) is 1.00. The first kappa shape index (κ1) is 32.7. The molecule has 12 N–H and O–H groups in total. The van der Waals surface area contributed by atoms with E-state index in [9.17, 15) is 43.1 Å². The molecule has 129 valence electrons. The smallest absolute Gasteiger partial charge is 0.810 e. The molecule has 20 heavy (non-hydrogen) atoms. The van der Waals surface area contributed by atoms with E-state index in [1.807, 2.05) is 0 Å². The van der Waals surface area contributed by atoms with Crippen LogP contribution in [0.15, 0.2) is 0 Å². The van der Waals surface area contributed by atoms with Gasteiger partial charge in [-0.2, -0.15) is 0 Å². The zero-order valence-corrected chi connectivity index (χ0v) is 14.6. The Kier molecular flexibility index (Phi) is 18.6. The second-order valence-electron chi connectivity index (χ2n) is 2.93. The summed E-state index contributed by atoms with van der Waals surface area (Å²) in [7, 11) is -15.8. The quantitative estimate of drug-likeness (QED) is 0.360. The van der Waals surface area contributed by atoms with E-state index in [1.54, 1.807) is 0 Å². The maximum Gasteiger partial charge on any atom is 2.00 e. The first-order chi connectivity index (χ1) is 6.79. The number of quaternary nitrogens is 3. The Labute approximate surface area is 127 Å². The molecule has 0 atom stereocenters. The second kappa shape index (κ2) is 11.4. The van der Waals surface area contributed by atoms with Gasteiger partial charge in [-0.05, 0) is 0 Å². The fourth-order valence-electron chi connectivity index (χ4n) is 0.869. The van der Waals surface area contributed by atoms with Crippen LogP contribution in [0.3, 0.4) is 0 Å². The Morgan fingerprint density at radius 1 is 0.650 bits per heavy atom. The Morgan fingerprint density at radius 3 is 0.900 bits per heavy atom. The van der Waals surface area contributed by atoms with Gasteiger partial charge in [-0.15, -0.1) is 0 Å². The van der Waals surface area contributed by atoms with Crippen molar-refractivity contribution in [3.05, 3.63) is 0 Å². The van der Waals surface area contributed by atoms with E-state index < -0.39 is 41.6 Å². The standard InChI is InChI=1S/C3H12NO9P3.Co.3H3N/c5-14(6,7)1-4(2-15(8,9)10)3-16(11,12)13;;;;/h1-3H2,(H2,5,6,7)(H2,8,9,10)(H2,11,12,13);;3*1H3/q;+2;;;/p-2. The third-order valence-electron chi connectivity index (χ3n) is 1.12. The maximum absolute atomic E-state index is 10.3. The molecule has 0 aliphatic carbocycles. The van der Waals surface area contributed by atoms with Crippen LogP contribution in [0.4, 0.5) is 0 Å². The summed E-state index contributed by atoms with van der Waals surface area (Å²) in [5, 5.41) is 0. The van der Waals surface area contributed by atoms with Crippen LogP contribution >= 0.6 is 22.8 Å². The second-order valence-corrected chi connectivity index (χ2v) is 7.44. The van der Waals surface area contributed by atoms with Crippen LogP contribution in [0.2, 0.25) is 0 Å². The molecule has 0 amide bonds. The van der Waals surface area contributed by atoms with Crippen molar-refractivity contribution in [1.29, 1.82) is 0 Å². The monoisotopic (exact) mass is 407 g/mol. The normalized spacial score (nSPS) is 11.6. The summed E-state index contributed by atoms with van der Waals surface area (Å²) in [6.45, 7) is 0. The van der Waals surface area contributed by atoms with E-state index in [0.717, 1.165) is 0 Å². The van der Waals surface area contributed by atoms with Crippen LogP contribution in [-0.2, 0) is 30.5 Å². The Hall–Kier alpha value is 0.796. The van der Waals surface area contributed by atoms with E-state index in [1.165, 1.54) is 0 Å². The summed E-state index contributed by atoms with van der Waals surface area (Å²) < 4.78 is 30.8. The largest absolute Gasteiger partial charge is 2.00 e. The van der Waals surface area contributed by atoms with Crippen LogP contribution in [0.1, 0.15) is 1.43 Å². The van der Waals surface area contributed by atoms with Gasteiger partial charge in [0, 0.05) is 18.9 Å². The van der Waals surface area contributed by atoms with E-state index in [-0.39, 0.29) is 41.6 Å². The van der Waals surface area contributed by atoms with E-state index in [4.69, 9.17) is 0 Å². The molecule has 1 radical (unpaired) electrons. The summed E-state index contributed by atoms with van der Waals surface area (Å²) in [6.07, 6.45) is -4.55. The minimum Gasteiger partial charge on any atom is -0.810 e. The fourth-order valence-corrected chi connectivity index (χ4v) is 3.41. The molecule has 0 aromatic rings. The van der Waals surface area contributed by atoms with Gasteiger partial charge >= 0.3 is 18.2 Å². The molecule has 0 fully saturated rings. The van der Waals surface area contributed by atoms with E-state index in [0.29, 0.717) is 0 Å². The molecule has 0 aromatic carbocycles. The SMILES string of the molecule is O=P([O-])([O-])CN(CP(=O)([O-])[O-])CP(=O)([O-])[O-].[Co+2].[H+].[NH4+].[NH4+].[NH4+]. The zero-order chi connectivity index (χ0) is 13.2. The van der Waals surface area contributed by atoms with Crippen LogP contribution in [0.5, 0.6) is 0 Å². The maximum atomic E-state index is 10.3. The molecule has 0 spiro atoms. The molecule has 0 aliphatic rings. The Bertz CT molecular complexity index is 325. The summed E-state index contributed by atoms with van der Waals surface area (Å²) >= 11 is 0. The molecule has 0 saturated heterocycles. The van der Waals surface area contributed by atoms with Gasteiger partial charge < -0.3 is 61.5 Å². The Balaban J connectivity index is -0.000000112. The van der Waals surface area contributed by atoms with Crippen molar-refractivity contribution in [2.45, 2.75) is 0 Å². The van der Waals surface area contributed by atoms with Crippen LogP contribution < -0.4 is 47.8 Å². The first-order valence-electron chi connectivity index (χ1n) is 3.54. The third kappa shape index (κ3) is 23.9. The molecule has 0 saturated carbocycles. The first-order valence-corrected chi connectivity index (χ1v) is 8.72. The van der Waals surface area contributed by atoms with Gasteiger partial charge in [-0.25, -0.2) is 0 Å². The van der Waals surface area contributed by atoms with Gasteiger partial charge in [-0.1, -0.05) is 22.8 Å². The van der Waals surface area contributed by atoms with Crippen molar-refractivity contribution < 1.29 is 61.3 Å². The van der Waals surface area contributed by atoms with Gasteiger partial charge in [0.2, 0.25) is 0 Å². The van der Waals surface area contributed by atoms with Gasteiger partial charge in [0.25, 0.3) is 0 Å². The summed E-state index contributed by atoms with van der Waals surface area (Å²) in [4.78, 5) is 61.5. The summed E-state index contributed by atoms with van der Waals surface area (Å²) in [5.41, 5.74) is 0. The van der Waals surface area contributed by atoms with Crippen LogP contribution in [0.25, 0.3) is 0 Å². The van der Waals surface area contributed by atoms with Gasteiger partial charge in [0.05, 0.1) is 0 Å². The molecular weight excluding hydrogens is 388 g/mol. The van der Waals surface area contributed by atoms with E-state index >= 15 is 0 Å². The topological polar surface area (TPSA) is 302 Å². The van der Waals surface area contributed by atoms with Crippen molar-refractivity contribution in [3.8, 4) is 0 Å². The van der Waals surface area contributed by atoms with Crippen molar-refractivity contribution in [3.63, 3.8) is 0 Å². The predicted octanol–water partition coefficient (Wildman–Crippen LogP) is -3.86. The average Bonchev–Trinajstić information content (AvgIpc) is 1.70. The minimum absolute atomic E-state index is 0. The Morgan fingerprint density at radius 2 is 0.800 bits per heavy atom. The van der Waals surface area contributed by atoms with Gasteiger partial charge in [0.1, 0.15) is 0 Å². The van der Waals surface area contributed by atoms with Crippen molar-refractivity contribution in [2.75, 3.05) is 18.9 Å². The van der Waals surface area contributed by atoms with Gasteiger partial charge in [0.15, 0.2) is 0 Å². The van der Waals surface area contributed by atoms with Crippen molar-refractivity contribution >= 4 is 22.8 Å². The van der Waals surface area contributed by atoms with E-state index in [2.05, 4.69) is 0 Å². The minimum atomic E-state index is -5.27. The molecular formula is C3H19CoN4O9P3. The molecule has 13 nitrogen and oxygen atoms in total. The van der Waals surface area contributed by atoms with Crippen molar-refractivity contribution in [1.82, 2.24) is 23.4 Å². The molecule has 0 aliphatic heterocycles. The van der Waals surface area contributed by atoms with Crippen molar-refractivity contribution in [2.24, 2.45) is 0 Å².